The van der Waals surface area contributed by atoms with Gasteiger partial charge in [0, 0.05) is 13.1 Å². The summed E-state index contributed by atoms with van der Waals surface area (Å²) in [5.41, 5.74) is 3.94. The lowest BCUT2D eigenvalue weighted by Crippen LogP contribution is -2.25. The predicted molar refractivity (Wildman–Crippen MR) is 101 cm³/mol. The fraction of sp³-hybridized carbons (Fsp3) is 0.500. The topological polar surface area (TPSA) is 29.0 Å². The Labute approximate surface area is 151 Å². The molecule has 1 atom stereocenters. The van der Waals surface area contributed by atoms with Crippen molar-refractivity contribution in [3.8, 4) is 0 Å². The molecule has 0 N–H and O–H groups in total. The summed E-state index contributed by atoms with van der Waals surface area (Å²) < 4.78 is 0. The number of aromatic nitrogens is 2. The highest BCUT2D eigenvalue weighted by molar-refractivity contribution is 6.29. The number of benzene rings is 1. The molecular formula is C20H28ClN3. The molecule has 0 fully saturated rings. The number of nitrogens with zero attached hydrogens (tertiary/aromatic N) is 3. The van der Waals surface area contributed by atoms with Crippen LogP contribution in [0.2, 0.25) is 5.15 Å². The van der Waals surface area contributed by atoms with Crippen LogP contribution in [0.3, 0.4) is 0 Å². The van der Waals surface area contributed by atoms with Gasteiger partial charge in [-0.15, -0.1) is 0 Å². The Hall–Kier alpha value is -1.45. The third-order valence-corrected chi connectivity index (χ3v) is 4.33. The minimum absolute atomic E-state index is 0.212. The lowest BCUT2D eigenvalue weighted by atomic mass is 9.86. The summed E-state index contributed by atoms with van der Waals surface area (Å²) in [5, 5.41) is 0.438. The van der Waals surface area contributed by atoms with Crippen LogP contribution in [0, 0.1) is 5.92 Å². The Morgan fingerprint density at radius 3 is 2.29 bits per heavy atom. The van der Waals surface area contributed by atoms with Crippen LogP contribution in [0.4, 0.5) is 0 Å². The molecule has 0 saturated carbocycles. The predicted octanol–water partition coefficient (Wildman–Crippen LogP) is 4.74. The smallest absolute Gasteiger partial charge is 0.147 e. The number of hydrogen-bond acceptors (Lipinski definition) is 3. The van der Waals surface area contributed by atoms with E-state index in [0.29, 0.717) is 11.1 Å². The molecule has 2 aromatic rings. The van der Waals surface area contributed by atoms with E-state index in [2.05, 4.69) is 73.9 Å². The molecule has 0 aliphatic heterocycles. The first-order valence-electron chi connectivity index (χ1n) is 8.48. The molecule has 0 amide bonds. The molecule has 1 heterocycles. The molecule has 24 heavy (non-hydrogen) atoms. The van der Waals surface area contributed by atoms with E-state index in [-0.39, 0.29) is 5.41 Å². The standard InChI is InChI=1S/C20H28ClN3/c1-15(10-16-6-8-17(9-7-16)20(2,3)4)13-24(5)14-18-11-23-19(21)12-22-18/h6-9,11-12,15H,10,13-14H2,1-5H3. The number of rotatable bonds is 6. The lowest BCUT2D eigenvalue weighted by Gasteiger charge is -2.22. The summed E-state index contributed by atoms with van der Waals surface area (Å²) in [5.74, 6) is 0.579. The summed E-state index contributed by atoms with van der Waals surface area (Å²) in [6.45, 7) is 10.8. The molecule has 0 aliphatic rings. The maximum absolute atomic E-state index is 5.77. The van der Waals surface area contributed by atoms with Crippen LogP contribution >= 0.6 is 11.6 Å². The van der Waals surface area contributed by atoms with E-state index in [0.717, 1.165) is 25.2 Å². The summed E-state index contributed by atoms with van der Waals surface area (Å²) in [7, 11) is 2.12. The van der Waals surface area contributed by atoms with Crippen molar-refractivity contribution in [2.24, 2.45) is 5.92 Å². The van der Waals surface area contributed by atoms with Crippen LogP contribution in [0.1, 0.15) is 44.5 Å². The van der Waals surface area contributed by atoms with Crippen molar-refractivity contribution in [3.05, 3.63) is 58.6 Å². The van der Waals surface area contributed by atoms with Crippen molar-refractivity contribution in [3.63, 3.8) is 0 Å². The first-order valence-corrected chi connectivity index (χ1v) is 8.86. The van der Waals surface area contributed by atoms with Gasteiger partial charge in [-0.3, -0.25) is 4.98 Å². The van der Waals surface area contributed by atoms with Gasteiger partial charge in [-0.05, 0) is 35.9 Å². The van der Waals surface area contributed by atoms with Gasteiger partial charge in [-0.2, -0.15) is 0 Å². The normalized spacial score (nSPS) is 13.3. The van der Waals surface area contributed by atoms with E-state index in [1.54, 1.807) is 12.4 Å². The van der Waals surface area contributed by atoms with Gasteiger partial charge >= 0.3 is 0 Å². The highest BCUT2D eigenvalue weighted by Gasteiger charge is 2.14. The van der Waals surface area contributed by atoms with Gasteiger partial charge in [0.1, 0.15) is 5.15 Å². The zero-order valence-electron chi connectivity index (χ0n) is 15.4. The highest BCUT2D eigenvalue weighted by Crippen LogP contribution is 2.23. The van der Waals surface area contributed by atoms with Gasteiger partial charge in [0.05, 0.1) is 18.1 Å². The second-order valence-corrected chi connectivity index (χ2v) is 8.17. The van der Waals surface area contributed by atoms with E-state index < -0.39 is 0 Å². The van der Waals surface area contributed by atoms with Crippen LogP contribution < -0.4 is 0 Å². The van der Waals surface area contributed by atoms with E-state index in [4.69, 9.17) is 11.6 Å². The van der Waals surface area contributed by atoms with Gasteiger partial charge < -0.3 is 4.90 Å². The summed E-state index contributed by atoms with van der Waals surface area (Å²) in [4.78, 5) is 10.7. The maximum Gasteiger partial charge on any atom is 0.147 e. The minimum atomic E-state index is 0.212. The molecule has 1 unspecified atom stereocenters. The Balaban J connectivity index is 1.85. The van der Waals surface area contributed by atoms with E-state index in [1.807, 2.05) is 0 Å². The van der Waals surface area contributed by atoms with Gasteiger partial charge in [-0.1, -0.05) is 63.6 Å². The van der Waals surface area contributed by atoms with Crippen molar-refractivity contribution >= 4 is 11.6 Å². The maximum atomic E-state index is 5.77. The summed E-state index contributed by atoms with van der Waals surface area (Å²) in [6.07, 6.45) is 4.43. The molecule has 1 aromatic heterocycles. The fourth-order valence-electron chi connectivity index (χ4n) is 2.90. The quantitative estimate of drug-likeness (QED) is 0.757. The van der Waals surface area contributed by atoms with E-state index in [1.165, 1.54) is 11.1 Å². The lowest BCUT2D eigenvalue weighted by molar-refractivity contribution is 0.275. The van der Waals surface area contributed by atoms with Crippen LogP contribution in [0.25, 0.3) is 0 Å². The second-order valence-electron chi connectivity index (χ2n) is 7.78. The van der Waals surface area contributed by atoms with Gasteiger partial charge in [0.2, 0.25) is 0 Å². The Morgan fingerprint density at radius 1 is 1.08 bits per heavy atom. The molecule has 2 rings (SSSR count). The molecule has 0 radical (unpaired) electrons. The Kier molecular flexibility index (Phi) is 6.36. The molecule has 0 bridgehead atoms. The third-order valence-electron chi connectivity index (χ3n) is 4.13. The second kappa shape index (κ2) is 8.09. The van der Waals surface area contributed by atoms with Crippen LogP contribution in [0.5, 0.6) is 0 Å². The number of hydrogen-bond donors (Lipinski definition) is 0. The Morgan fingerprint density at radius 2 is 1.75 bits per heavy atom. The van der Waals surface area contributed by atoms with Crippen LogP contribution in [-0.4, -0.2) is 28.5 Å². The minimum Gasteiger partial charge on any atom is -0.300 e. The fourth-order valence-corrected chi connectivity index (χ4v) is 3.00. The van der Waals surface area contributed by atoms with E-state index >= 15 is 0 Å². The molecule has 0 spiro atoms. The van der Waals surface area contributed by atoms with Crippen LogP contribution in [0.15, 0.2) is 36.7 Å². The monoisotopic (exact) mass is 345 g/mol. The highest BCUT2D eigenvalue weighted by atomic mass is 35.5. The Bertz CT molecular complexity index is 629. The van der Waals surface area contributed by atoms with Gasteiger partial charge in [0.15, 0.2) is 0 Å². The van der Waals surface area contributed by atoms with Crippen molar-refractivity contribution in [1.29, 1.82) is 0 Å². The SMILES string of the molecule is CC(Cc1ccc(C(C)(C)C)cc1)CN(C)Cc1cnc(Cl)cn1. The molecule has 4 heteroatoms. The molecule has 130 valence electrons. The molecule has 0 aliphatic carbocycles. The molecule has 1 aromatic carbocycles. The summed E-state index contributed by atoms with van der Waals surface area (Å²) in [6, 6.07) is 9.05. The van der Waals surface area contributed by atoms with Crippen LogP contribution in [-0.2, 0) is 18.4 Å². The zero-order chi connectivity index (χ0) is 17.7. The van der Waals surface area contributed by atoms with Crippen molar-refractivity contribution in [2.75, 3.05) is 13.6 Å². The van der Waals surface area contributed by atoms with Crippen molar-refractivity contribution in [2.45, 2.75) is 46.1 Å². The van der Waals surface area contributed by atoms with Crippen molar-refractivity contribution < 1.29 is 0 Å². The molecule has 3 nitrogen and oxygen atoms in total. The van der Waals surface area contributed by atoms with Gasteiger partial charge in [-0.25, -0.2) is 4.98 Å². The largest absolute Gasteiger partial charge is 0.300 e. The first-order chi connectivity index (χ1) is 11.2. The molecule has 0 saturated heterocycles. The van der Waals surface area contributed by atoms with E-state index in [9.17, 15) is 0 Å². The summed E-state index contributed by atoms with van der Waals surface area (Å²) >= 11 is 5.77. The van der Waals surface area contributed by atoms with Gasteiger partial charge in [0.25, 0.3) is 0 Å². The molecular weight excluding hydrogens is 318 g/mol. The number of halogens is 1. The first kappa shape index (κ1) is 18.9. The average Bonchev–Trinajstić information content (AvgIpc) is 2.49. The average molecular weight is 346 g/mol. The third kappa shape index (κ3) is 5.88. The van der Waals surface area contributed by atoms with Crippen molar-refractivity contribution in [1.82, 2.24) is 14.9 Å². The zero-order valence-corrected chi connectivity index (χ0v) is 16.1.